The molecule has 0 aliphatic carbocycles. The van der Waals surface area contributed by atoms with Crippen LogP contribution in [0.15, 0.2) is 18.2 Å². The van der Waals surface area contributed by atoms with Crippen LogP contribution in [0.1, 0.15) is 24.2 Å². The summed E-state index contributed by atoms with van der Waals surface area (Å²) >= 11 is 0. The van der Waals surface area contributed by atoms with Gasteiger partial charge in [0.1, 0.15) is 0 Å². The van der Waals surface area contributed by atoms with Gasteiger partial charge in [0.05, 0.1) is 0 Å². The van der Waals surface area contributed by atoms with Crippen LogP contribution in [0.2, 0.25) is 0 Å². The average molecular weight is 182 g/mol. The molecule has 2 nitrogen and oxygen atoms in total. The summed E-state index contributed by atoms with van der Waals surface area (Å²) in [6.07, 6.45) is 0. The number of carbonyl (C=O) groups excluding carboxylic acids is 1. The molecule has 0 saturated carbocycles. The van der Waals surface area contributed by atoms with Gasteiger partial charge in [0.2, 0.25) is 0 Å². The number of halogens is 1. The van der Waals surface area contributed by atoms with Crippen LogP contribution in [-0.2, 0) is 0 Å². The van der Waals surface area contributed by atoms with Crippen molar-refractivity contribution < 1.29 is 14.3 Å². The number of benzene rings is 1. The predicted molar refractivity (Wildman–Crippen MR) is 47.2 cm³/mol. The summed E-state index contributed by atoms with van der Waals surface area (Å²) in [5.41, 5.74) is 0.297. The van der Waals surface area contributed by atoms with E-state index in [0.29, 0.717) is 5.56 Å². The van der Waals surface area contributed by atoms with Crippen LogP contribution >= 0.6 is 0 Å². The zero-order valence-electron chi connectivity index (χ0n) is 7.54. The first-order chi connectivity index (χ1) is 6.02. The van der Waals surface area contributed by atoms with E-state index in [0.717, 1.165) is 6.07 Å². The van der Waals surface area contributed by atoms with Crippen LogP contribution in [0.25, 0.3) is 0 Å². The van der Waals surface area contributed by atoms with Gasteiger partial charge in [-0.3, -0.25) is 4.79 Å². The lowest BCUT2D eigenvalue weighted by atomic mass is 10.0. The summed E-state index contributed by atoms with van der Waals surface area (Å²) in [5.74, 6) is -1.48. The van der Waals surface area contributed by atoms with E-state index in [1.807, 2.05) is 0 Å². The van der Waals surface area contributed by atoms with E-state index < -0.39 is 11.6 Å². The number of ketones is 1. The van der Waals surface area contributed by atoms with Crippen molar-refractivity contribution in [2.75, 3.05) is 0 Å². The van der Waals surface area contributed by atoms with Gasteiger partial charge < -0.3 is 5.11 Å². The Morgan fingerprint density at radius 2 is 2.08 bits per heavy atom. The quantitative estimate of drug-likeness (QED) is 0.713. The maximum Gasteiger partial charge on any atom is 0.165 e. The second kappa shape index (κ2) is 3.56. The minimum atomic E-state index is -0.758. The average Bonchev–Trinajstić information content (AvgIpc) is 2.08. The molecule has 0 spiro atoms. The van der Waals surface area contributed by atoms with Crippen LogP contribution in [-0.4, -0.2) is 10.9 Å². The van der Waals surface area contributed by atoms with Crippen molar-refractivity contribution in [3.8, 4) is 5.75 Å². The van der Waals surface area contributed by atoms with Crippen LogP contribution in [0.5, 0.6) is 5.75 Å². The number of rotatable bonds is 2. The van der Waals surface area contributed by atoms with Gasteiger partial charge in [0.15, 0.2) is 17.3 Å². The van der Waals surface area contributed by atoms with Crippen LogP contribution < -0.4 is 0 Å². The fourth-order valence-corrected chi connectivity index (χ4v) is 0.993. The predicted octanol–water partition coefficient (Wildman–Crippen LogP) is 2.37. The highest BCUT2D eigenvalue weighted by molar-refractivity contribution is 5.97. The van der Waals surface area contributed by atoms with Gasteiger partial charge in [-0.2, -0.15) is 0 Å². The molecular formula is C10H11FO2. The minimum Gasteiger partial charge on any atom is -0.505 e. The molecule has 0 aliphatic heterocycles. The van der Waals surface area contributed by atoms with Gasteiger partial charge in [0, 0.05) is 11.5 Å². The topological polar surface area (TPSA) is 37.3 Å². The van der Waals surface area contributed by atoms with Crippen LogP contribution in [0, 0.1) is 11.7 Å². The Kier molecular flexibility index (Phi) is 2.66. The van der Waals surface area contributed by atoms with Gasteiger partial charge in [0.25, 0.3) is 0 Å². The van der Waals surface area contributed by atoms with Crippen molar-refractivity contribution >= 4 is 5.78 Å². The fourth-order valence-electron chi connectivity index (χ4n) is 0.993. The number of aromatic hydroxyl groups is 1. The normalized spacial score (nSPS) is 10.5. The Morgan fingerprint density at radius 1 is 1.46 bits per heavy atom. The van der Waals surface area contributed by atoms with Gasteiger partial charge in [-0.05, 0) is 18.2 Å². The van der Waals surface area contributed by atoms with E-state index >= 15 is 0 Å². The summed E-state index contributed by atoms with van der Waals surface area (Å²) in [7, 11) is 0. The minimum absolute atomic E-state index is 0.126. The van der Waals surface area contributed by atoms with E-state index in [1.165, 1.54) is 12.1 Å². The van der Waals surface area contributed by atoms with Crippen molar-refractivity contribution in [1.29, 1.82) is 0 Å². The summed E-state index contributed by atoms with van der Waals surface area (Å²) in [4.78, 5) is 11.4. The van der Waals surface area contributed by atoms with E-state index in [-0.39, 0.29) is 11.7 Å². The number of Topliss-reactive ketones (excluding diaryl/α,β-unsaturated/α-hetero) is 1. The third-order valence-electron chi connectivity index (χ3n) is 1.76. The molecule has 3 heteroatoms. The molecule has 0 atom stereocenters. The third kappa shape index (κ3) is 2.05. The Bertz CT molecular complexity index is 332. The lowest BCUT2D eigenvalue weighted by Crippen LogP contribution is -2.07. The molecule has 0 fully saturated rings. The van der Waals surface area contributed by atoms with Crippen molar-refractivity contribution in [3.63, 3.8) is 0 Å². The summed E-state index contributed by atoms with van der Waals surface area (Å²) in [6.45, 7) is 3.49. The number of phenolic OH excluding ortho intramolecular Hbond substituents is 1. The number of phenols is 1. The van der Waals surface area contributed by atoms with E-state index in [9.17, 15) is 9.18 Å². The lowest BCUT2D eigenvalue weighted by Gasteiger charge is -2.04. The van der Waals surface area contributed by atoms with Gasteiger partial charge in [-0.15, -0.1) is 0 Å². The highest BCUT2D eigenvalue weighted by Crippen LogP contribution is 2.18. The van der Waals surface area contributed by atoms with Crippen molar-refractivity contribution in [1.82, 2.24) is 0 Å². The summed E-state index contributed by atoms with van der Waals surface area (Å²) in [6, 6.07) is 3.66. The SMILES string of the molecule is CC(C)C(=O)c1ccc(O)c(F)c1. The molecule has 0 unspecified atom stereocenters. The van der Waals surface area contributed by atoms with Gasteiger partial charge >= 0.3 is 0 Å². The number of hydrogen-bond acceptors (Lipinski definition) is 2. The molecule has 0 heterocycles. The number of hydrogen-bond donors (Lipinski definition) is 1. The summed E-state index contributed by atoms with van der Waals surface area (Å²) in [5, 5.41) is 8.88. The molecule has 0 aliphatic rings. The Morgan fingerprint density at radius 3 is 2.54 bits per heavy atom. The van der Waals surface area contributed by atoms with E-state index in [4.69, 9.17) is 5.11 Å². The van der Waals surface area contributed by atoms with Gasteiger partial charge in [-0.25, -0.2) is 4.39 Å². The first-order valence-corrected chi connectivity index (χ1v) is 4.05. The smallest absolute Gasteiger partial charge is 0.165 e. The fraction of sp³-hybridized carbons (Fsp3) is 0.300. The summed E-state index contributed by atoms with van der Waals surface area (Å²) < 4.78 is 12.8. The molecule has 0 saturated heterocycles. The van der Waals surface area contributed by atoms with Crippen molar-refractivity contribution in [3.05, 3.63) is 29.6 Å². The zero-order valence-corrected chi connectivity index (χ0v) is 7.54. The second-order valence-corrected chi connectivity index (χ2v) is 3.19. The monoisotopic (exact) mass is 182 g/mol. The Hall–Kier alpha value is -1.38. The maximum atomic E-state index is 12.8. The molecule has 1 aromatic rings. The molecule has 0 aromatic heterocycles. The molecular weight excluding hydrogens is 171 g/mol. The largest absolute Gasteiger partial charge is 0.505 e. The van der Waals surface area contributed by atoms with E-state index in [2.05, 4.69) is 0 Å². The highest BCUT2D eigenvalue weighted by atomic mass is 19.1. The molecule has 13 heavy (non-hydrogen) atoms. The van der Waals surface area contributed by atoms with Crippen molar-refractivity contribution in [2.45, 2.75) is 13.8 Å². The molecule has 0 bridgehead atoms. The lowest BCUT2D eigenvalue weighted by molar-refractivity contribution is 0.0939. The molecule has 1 aromatic carbocycles. The third-order valence-corrected chi connectivity index (χ3v) is 1.76. The second-order valence-electron chi connectivity index (χ2n) is 3.19. The molecule has 0 radical (unpaired) electrons. The molecule has 1 N–H and O–H groups in total. The number of carbonyl (C=O) groups is 1. The Labute approximate surface area is 76.0 Å². The first-order valence-electron chi connectivity index (χ1n) is 4.05. The first kappa shape index (κ1) is 9.71. The Balaban J connectivity index is 3.04. The maximum absolute atomic E-state index is 12.8. The van der Waals surface area contributed by atoms with Crippen molar-refractivity contribution in [2.24, 2.45) is 5.92 Å². The zero-order chi connectivity index (χ0) is 10.0. The molecule has 0 amide bonds. The van der Waals surface area contributed by atoms with E-state index in [1.54, 1.807) is 13.8 Å². The van der Waals surface area contributed by atoms with Gasteiger partial charge in [-0.1, -0.05) is 13.8 Å². The highest BCUT2D eigenvalue weighted by Gasteiger charge is 2.12. The standard InChI is InChI=1S/C10H11FO2/c1-6(2)10(13)7-3-4-9(12)8(11)5-7/h3-6,12H,1-2H3. The molecule has 70 valence electrons. The molecule has 1 rings (SSSR count). The van der Waals surface area contributed by atoms with Crippen LogP contribution in [0.4, 0.5) is 4.39 Å². The van der Waals surface area contributed by atoms with Crippen LogP contribution in [0.3, 0.4) is 0 Å².